The zero-order chi connectivity index (χ0) is 34.4. The number of aromatic nitrogens is 1. The second-order valence-electron chi connectivity index (χ2n) is 13.2. The Bertz CT molecular complexity index is 1600. The Morgan fingerprint density at radius 2 is 1.90 bits per heavy atom. The lowest BCUT2D eigenvalue weighted by molar-refractivity contribution is -0.180. The molecule has 12 nitrogen and oxygen atoms in total. The smallest absolute Gasteiger partial charge is 0.407 e. The number of sulfonamides is 1. The summed E-state index contributed by atoms with van der Waals surface area (Å²) in [5.41, 5.74) is 1.59. The summed E-state index contributed by atoms with van der Waals surface area (Å²) in [4.78, 5) is 18.1. The molecule has 5 rings (SSSR count). The fourth-order valence-corrected chi connectivity index (χ4v) is 9.08. The van der Waals surface area contributed by atoms with Crippen molar-refractivity contribution in [2.24, 2.45) is 11.8 Å². The molecule has 0 spiro atoms. The van der Waals surface area contributed by atoms with Crippen LogP contribution in [0.15, 0.2) is 53.4 Å². The zero-order valence-corrected chi connectivity index (χ0v) is 29.9. The SMILES string of the molecule is CCN[C@H]1CO[C@@H]2OCC[C@H](OC(=O)N[C@@H](Cc3ccccc3)[C@H](O)CN(CC(C)C)S(=O)(=O)c3ccc4nc(NC(C)C)sc4c3)[C@@H]21. The number of fused-ring (bicyclic) bond motifs is 2. The van der Waals surface area contributed by atoms with Gasteiger partial charge in [0.05, 0.1) is 46.4 Å². The average molecular weight is 704 g/mol. The number of rotatable bonds is 15. The van der Waals surface area contributed by atoms with Gasteiger partial charge in [-0.15, -0.1) is 0 Å². The van der Waals surface area contributed by atoms with Crippen molar-refractivity contribution in [3.8, 4) is 0 Å². The minimum Gasteiger partial charge on any atom is -0.446 e. The number of likely N-dealkylation sites (N-methyl/N-ethyl adjacent to an activating group) is 1. The largest absolute Gasteiger partial charge is 0.446 e. The third-order valence-electron chi connectivity index (χ3n) is 8.49. The van der Waals surface area contributed by atoms with E-state index in [1.165, 1.54) is 15.6 Å². The predicted molar refractivity (Wildman–Crippen MR) is 187 cm³/mol. The van der Waals surface area contributed by atoms with Gasteiger partial charge in [-0.2, -0.15) is 4.31 Å². The summed E-state index contributed by atoms with van der Waals surface area (Å²) in [7, 11) is -4.02. The normalized spacial score (nSPS) is 22.6. The molecule has 0 unspecified atom stereocenters. The summed E-state index contributed by atoms with van der Waals surface area (Å²) in [6.45, 7) is 11.5. The highest BCUT2D eigenvalue weighted by Gasteiger charge is 2.47. The Labute approximate surface area is 287 Å². The van der Waals surface area contributed by atoms with Crippen LogP contribution in [0, 0.1) is 11.8 Å². The number of aliphatic hydroxyl groups is 1. The number of anilines is 1. The van der Waals surface area contributed by atoms with Crippen LogP contribution >= 0.6 is 11.3 Å². The van der Waals surface area contributed by atoms with Crippen LogP contribution in [0.3, 0.4) is 0 Å². The van der Waals surface area contributed by atoms with Gasteiger partial charge in [-0.3, -0.25) is 0 Å². The highest BCUT2D eigenvalue weighted by molar-refractivity contribution is 7.89. The zero-order valence-electron chi connectivity index (χ0n) is 28.3. The number of carbonyl (C=O) groups excluding carboxylic acids is 1. The molecule has 0 radical (unpaired) electrons. The van der Waals surface area contributed by atoms with Crippen molar-refractivity contribution in [1.29, 1.82) is 0 Å². The topological polar surface area (TPSA) is 151 Å². The minimum atomic E-state index is -4.02. The van der Waals surface area contributed by atoms with E-state index >= 15 is 0 Å². The number of thiazole rings is 1. The van der Waals surface area contributed by atoms with Crippen molar-refractivity contribution >= 4 is 42.8 Å². The van der Waals surface area contributed by atoms with E-state index in [2.05, 4.69) is 20.9 Å². The summed E-state index contributed by atoms with van der Waals surface area (Å²) in [5.74, 6) is -0.187. The molecule has 3 heterocycles. The number of alkyl carbamates (subject to hydrolysis) is 1. The number of hydrogen-bond donors (Lipinski definition) is 4. The number of carbonyl (C=O) groups is 1. The van der Waals surface area contributed by atoms with Crippen molar-refractivity contribution in [1.82, 2.24) is 19.9 Å². The van der Waals surface area contributed by atoms with Crippen LogP contribution in [0.25, 0.3) is 10.2 Å². The van der Waals surface area contributed by atoms with Gasteiger partial charge in [0.15, 0.2) is 11.4 Å². The molecule has 14 heteroatoms. The average Bonchev–Trinajstić information content (AvgIpc) is 3.64. The van der Waals surface area contributed by atoms with E-state index in [1.807, 2.05) is 65.0 Å². The molecular formula is C34H49N5O7S2. The molecule has 4 N–H and O–H groups in total. The molecular weight excluding hydrogens is 655 g/mol. The van der Waals surface area contributed by atoms with Gasteiger partial charge in [0, 0.05) is 31.6 Å². The molecule has 1 aromatic heterocycles. The summed E-state index contributed by atoms with van der Waals surface area (Å²) >= 11 is 1.40. The molecule has 0 saturated carbocycles. The molecule has 0 bridgehead atoms. The first kappa shape index (κ1) is 36.4. The van der Waals surface area contributed by atoms with Crippen molar-refractivity contribution in [2.45, 2.75) is 89.0 Å². The van der Waals surface area contributed by atoms with E-state index < -0.39 is 40.7 Å². The standard InChI is InChI=1S/C34H49N5O7S2/c1-6-35-27-20-45-32-31(27)29(14-15-44-32)46-34(41)38-26(16-23-10-8-7-9-11-23)28(40)19-39(18-21(2)3)48(42,43)24-12-13-25-30(17-24)47-33(37-25)36-22(4)5/h7-13,17,21-22,26-29,31-32,35,40H,6,14-16,18-20H2,1-5H3,(H,36,37)(H,38,41)/t26-,27-,28+,29-,31-,32-/m0/s1. The minimum absolute atomic E-state index is 0.0131. The molecule has 1 amide bonds. The van der Waals surface area contributed by atoms with Crippen LogP contribution in [-0.4, -0.2) is 98.4 Å². The van der Waals surface area contributed by atoms with Crippen molar-refractivity contribution in [3.05, 3.63) is 54.1 Å². The number of aliphatic hydroxyl groups excluding tert-OH is 1. The number of nitrogens with zero attached hydrogens (tertiary/aromatic N) is 2. The first-order valence-corrected chi connectivity index (χ1v) is 19.0. The van der Waals surface area contributed by atoms with Gasteiger partial charge in [-0.25, -0.2) is 18.2 Å². The first-order chi connectivity index (χ1) is 22.9. The van der Waals surface area contributed by atoms with Gasteiger partial charge in [-0.05, 0) is 56.5 Å². The molecule has 3 aromatic rings. The third-order valence-corrected chi connectivity index (χ3v) is 11.3. The van der Waals surface area contributed by atoms with Gasteiger partial charge in [0.25, 0.3) is 0 Å². The van der Waals surface area contributed by atoms with Gasteiger partial charge >= 0.3 is 6.09 Å². The first-order valence-electron chi connectivity index (χ1n) is 16.8. The van der Waals surface area contributed by atoms with Gasteiger partial charge in [0.1, 0.15) is 6.10 Å². The molecule has 2 fully saturated rings. The lowest BCUT2D eigenvalue weighted by atomic mass is 9.91. The highest BCUT2D eigenvalue weighted by Crippen LogP contribution is 2.33. The van der Waals surface area contributed by atoms with Gasteiger partial charge in [-0.1, -0.05) is 62.4 Å². The number of hydrogen-bond acceptors (Lipinski definition) is 11. The monoisotopic (exact) mass is 703 g/mol. The maximum Gasteiger partial charge on any atom is 0.407 e. The third kappa shape index (κ3) is 9.03. The number of nitrogens with one attached hydrogen (secondary N) is 3. The Balaban J connectivity index is 1.35. The van der Waals surface area contributed by atoms with E-state index in [0.29, 0.717) is 25.2 Å². The van der Waals surface area contributed by atoms with E-state index in [9.17, 15) is 18.3 Å². The second kappa shape index (κ2) is 16.2. The summed E-state index contributed by atoms with van der Waals surface area (Å²) in [6.07, 6.45) is -2.03. The predicted octanol–water partition coefficient (Wildman–Crippen LogP) is 4.20. The molecule has 2 saturated heterocycles. The second-order valence-corrected chi connectivity index (χ2v) is 16.2. The maximum atomic E-state index is 14.1. The number of ether oxygens (including phenoxy) is 3. The van der Waals surface area contributed by atoms with Crippen LogP contribution in [-0.2, 0) is 30.7 Å². The van der Waals surface area contributed by atoms with Crippen molar-refractivity contribution in [3.63, 3.8) is 0 Å². The van der Waals surface area contributed by atoms with E-state index in [-0.39, 0.29) is 48.3 Å². The van der Waals surface area contributed by atoms with Crippen LogP contribution in [0.2, 0.25) is 0 Å². The Kier molecular flexibility index (Phi) is 12.3. The molecule has 2 aliphatic heterocycles. The van der Waals surface area contributed by atoms with Crippen LogP contribution in [0.5, 0.6) is 0 Å². The Hall–Kier alpha value is -2.85. The fourth-order valence-electron chi connectivity index (χ4n) is 6.30. The van der Waals surface area contributed by atoms with Crippen molar-refractivity contribution < 1.29 is 32.5 Å². The Morgan fingerprint density at radius 1 is 1.12 bits per heavy atom. The van der Waals surface area contributed by atoms with E-state index in [4.69, 9.17) is 14.2 Å². The number of amides is 1. The fraction of sp³-hybridized carbons (Fsp3) is 0.588. The van der Waals surface area contributed by atoms with Gasteiger partial charge in [0.2, 0.25) is 10.0 Å². The van der Waals surface area contributed by atoms with E-state index in [1.54, 1.807) is 18.2 Å². The highest BCUT2D eigenvalue weighted by atomic mass is 32.2. The lowest BCUT2D eigenvalue weighted by Gasteiger charge is -2.35. The lowest BCUT2D eigenvalue weighted by Crippen LogP contribution is -2.53. The summed E-state index contributed by atoms with van der Waals surface area (Å²) < 4.78 is 47.9. The van der Waals surface area contributed by atoms with Crippen LogP contribution in [0.4, 0.5) is 9.93 Å². The molecule has 6 atom stereocenters. The van der Waals surface area contributed by atoms with Crippen LogP contribution in [0.1, 0.15) is 46.6 Å². The molecule has 0 aliphatic carbocycles. The summed E-state index contributed by atoms with van der Waals surface area (Å²) in [6, 6.07) is 13.7. The quantitative estimate of drug-likeness (QED) is 0.181. The Morgan fingerprint density at radius 3 is 2.60 bits per heavy atom. The van der Waals surface area contributed by atoms with Gasteiger partial charge < -0.3 is 35.3 Å². The van der Waals surface area contributed by atoms with Crippen LogP contribution < -0.4 is 16.0 Å². The number of benzene rings is 2. The van der Waals surface area contributed by atoms with Crippen molar-refractivity contribution in [2.75, 3.05) is 38.2 Å². The van der Waals surface area contributed by atoms with E-state index in [0.717, 1.165) is 21.9 Å². The molecule has 264 valence electrons. The molecule has 48 heavy (non-hydrogen) atoms. The summed E-state index contributed by atoms with van der Waals surface area (Å²) in [5, 5.41) is 22.0. The maximum absolute atomic E-state index is 14.1. The molecule has 2 aliphatic rings. The molecule has 2 aromatic carbocycles.